The van der Waals surface area contributed by atoms with Crippen LogP contribution in [0.2, 0.25) is 5.02 Å². The number of piperidine rings is 1. The second-order valence-corrected chi connectivity index (χ2v) is 10.2. The van der Waals surface area contributed by atoms with Gasteiger partial charge in [0, 0.05) is 18.7 Å². The molecule has 0 spiro atoms. The number of sulfone groups is 1. The number of urea groups is 1. The van der Waals surface area contributed by atoms with Gasteiger partial charge in [0.25, 0.3) is 0 Å². The number of rotatable bonds is 8. The van der Waals surface area contributed by atoms with Crippen LogP contribution in [0.5, 0.6) is 5.75 Å². The molecule has 184 valence electrons. The maximum absolute atomic E-state index is 13.5. The van der Waals surface area contributed by atoms with E-state index < -0.39 is 45.1 Å². The molecule has 1 aliphatic heterocycles. The fraction of sp³-hybridized carbons (Fsp3) is 0.364. The highest BCUT2D eigenvalue weighted by molar-refractivity contribution is 7.92. The monoisotopic (exact) mass is 514 g/mol. The summed E-state index contributed by atoms with van der Waals surface area (Å²) in [7, 11) is -4.18. The molecule has 2 atom stereocenters. The predicted octanol–water partition coefficient (Wildman–Crippen LogP) is 2.84. The van der Waals surface area contributed by atoms with Crippen molar-refractivity contribution in [2.75, 3.05) is 19.7 Å². The van der Waals surface area contributed by atoms with Crippen molar-refractivity contribution in [3.05, 3.63) is 58.9 Å². The number of ether oxygens (including phenoxy) is 2. The van der Waals surface area contributed by atoms with Gasteiger partial charge in [-0.05, 0) is 49.7 Å². The first-order chi connectivity index (χ1) is 16.0. The minimum Gasteiger partial charge on any atom is -0.489 e. The van der Waals surface area contributed by atoms with Crippen molar-refractivity contribution in [3.63, 3.8) is 0 Å². The second kappa shape index (κ2) is 10.2. The summed E-state index contributed by atoms with van der Waals surface area (Å²) in [6.07, 6.45) is -0.168. The zero-order chi connectivity index (χ0) is 25.1. The van der Waals surface area contributed by atoms with E-state index in [0.29, 0.717) is 11.3 Å². The summed E-state index contributed by atoms with van der Waals surface area (Å²) in [6.45, 7) is 0.972. The quantitative estimate of drug-likeness (QED) is 0.552. The van der Waals surface area contributed by atoms with Crippen LogP contribution in [-0.4, -0.2) is 61.0 Å². The molecule has 1 heterocycles. The third-order valence-electron chi connectivity index (χ3n) is 5.62. The van der Waals surface area contributed by atoms with Gasteiger partial charge in [0.2, 0.25) is 0 Å². The van der Waals surface area contributed by atoms with Crippen molar-refractivity contribution in [1.29, 1.82) is 0 Å². The third kappa shape index (κ3) is 5.11. The summed E-state index contributed by atoms with van der Waals surface area (Å²) >= 11 is 5.98. The van der Waals surface area contributed by atoms with Crippen LogP contribution in [0.4, 0.5) is 9.18 Å². The highest BCUT2D eigenvalue weighted by atomic mass is 35.5. The highest BCUT2D eigenvalue weighted by Crippen LogP contribution is 2.35. The van der Waals surface area contributed by atoms with E-state index in [1.165, 1.54) is 43.3 Å². The molecule has 3 N–H and O–H groups in total. The summed E-state index contributed by atoms with van der Waals surface area (Å²) in [5.41, 5.74) is 3.68. The number of hydrogen-bond donors (Lipinski definition) is 2. The van der Waals surface area contributed by atoms with E-state index in [1.54, 1.807) is 0 Å². The van der Waals surface area contributed by atoms with E-state index >= 15 is 0 Å². The van der Waals surface area contributed by atoms with Crippen LogP contribution in [0.3, 0.4) is 0 Å². The lowest BCUT2D eigenvalue weighted by molar-refractivity contribution is -0.170. The number of nitrogens with zero attached hydrogens (tertiary/aromatic N) is 1. The lowest BCUT2D eigenvalue weighted by atomic mass is 9.92. The Kier molecular flexibility index (Phi) is 7.69. The zero-order valence-electron chi connectivity index (χ0n) is 18.2. The number of carbonyl (C=O) groups is 2. The Morgan fingerprint density at radius 3 is 2.50 bits per heavy atom. The molecule has 2 aromatic rings. The Morgan fingerprint density at radius 2 is 1.94 bits per heavy atom. The number of nitrogens with two attached hydrogens (primary N) is 1. The van der Waals surface area contributed by atoms with Gasteiger partial charge < -0.3 is 25.2 Å². The summed E-state index contributed by atoms with van der Waals surface area (Å²) in [5.74, 6) is -1.64. The maximum atomic E-state index is 13.5. The van der Waals surface area contributed by atoms with Gasteiger partial charge in [0.1, 0.15) is 23.4 Å². The molecule has 2 unspecified atom stereocenters. The van der Waals surface area contributed by atoms with E-state index in [1.807, 2.05) is 0 Å². The largest absolute Gasteiger partial charge is 0.489 e. The van der Waals surface area contributed by atoms with Gasteiger partial charge in [-0.2, -0.15) is 0 Å². The van der Waals surface area contributed by atoms with Crippen molar-refractivity contribution < 1.29 is 37.0 Å². The molecule has 3 rings (SSSR count). The Balaban J connectivity index is 1.84. The normalized spacial score (nSPS) is 20.7. The molecular formula is C22H24ClFN2O7S. The van der Waals surface area contributed by atoms with E-state index in [0.717, 1.165) is 11.0 Å². The van der Waals surface area contributed by atoms with Gasteiger partial charge in [-0.3, -0.25) is 0 Å². The van der Waals surface area contributed by atoms with E-state index in [2.05, 4.69) is 0 Å². The van der Waals surface area contributed by atoms with Gasteiger partial charge in [0.05, 0.1) is 16.5 Å². The molecule has 34 heavy (non-hydrogen) atoms. The topological polar surface area (TPSA) is 136 Å². The standard InChI is InChI=1S/C22H24ClFN2O7S/c1-2-33-22(20(27)28)13-26(21(25)29)10-9-19(22)34(30,31)17-7-5-16(6-8-17)32-12-14-3-4-15(24)11-18(14)23/h3-8,11,19H,2,9-10,12-13H2,1H3,(H2,25,29)(H,27,28). The SMILES string of the molecule is CCOC1(C(=O)O)CN(C(N)=O)CCC1S(=O)(=O)c1ccc(OCc2ccc(F)cc2Cl)cc1. The number of carbonyl (C=O) groups excluding carboxylic acids is 1. The molecule has 1 saturated heterocycles. The number of benzene rings is 2. The van der Waals surface area contributed by atoms with Gasteiger partial charge in [-0.1, -0.05) is 17.7 Å². The molecule has 12 heteroatoms. The van der Waals surface area contributed by atoms with Crippen LogP contribution in [0, 0.1) is 5.82 Å². The molecule has 2 amide bonds. The average molecular weight is 515 g/mol. The highest BCUT2D eigenvalue weighted by Gasteiger charge is 2.57. The van der Waals surface area contributed by atoms with E-state index in [9.17, 15) is 27.5 Å². The van der Waals surface area contributed by atoms with Crippen LogP contribution in [0.15, 0.2) is 47.4 Å². The smallest absolute Gasteiger partial charge is 0.339 e. The van der Waals surface area contributed by atoms with Crippen LogP contribution in [0.25, 0.3) is 0 Å². The number of amides is 2. The lowest BCUT2D eigenvalue weighted by Crippen LogP contribution is -2.66. The minimum absolute atomic E-state index is 0.0268. The predicted molar refractivity (Wildman–Crippen MR) is 121 cm³/mol. The molecule has 0 bridgehead atoms. The lowest BCUT2D eigenvalue weighted by Gasteiger charge is -2.43. The summed E-state index contributed by atoms with van der Waals surface area (Å²) in [5, 5.41) is 8.69. The number of carboxylic acid groups (broad SMARTS) is 1. The number of aliphatic carboxylic acids is 1. The van der Waals surface area contributed by atoms with E-state index in [-0.39, 0.29) is 36.1 Å². The van der Waals surface area contributed by atoms with Crippen molar-refractivity contribution >= 4 is 33.4 Å². The Hall–Kier alpha value is -2.89. The van der Waals surface area contributed by atoms with Crippen LogP contribution in [0.1, 0.15) is 18.9 Å². The fourth-order valence-electron chi connectivity index (χ4n) is 3.92. The van der Waals surface area contributed by atoms with Crippen LogP contribution < -0.4 is 10.5 Å². The number of halogens is 2. The molecule has 1 aliphatic rings. The molecule has 1 fully saturated rings. The van der Waals surface area contributed by atoms with Gasteiger partial charge in [-0.25, -0.2) is 22.4 Å². The third-order valence-corrected chi connectivity index (χ3v) is 8.27. The number of carboxylic acids is 1. The minimum atomic E-state index is -4.18. The first-order valence-electron chi connectivity index (χ1n) is 10.3. The van der Waals surface area contributed by atoms with Crippen molar-refractivity contribution in [1.82, 2.24) is 4.90 Å². The first kappa shape index (κ1) is 25.7. The van der Waals surface area contributed by atoms with Crippen molar-refractivity contribution in [3.8, 4) is 5.75 Å². The summed E-state index contributed by atoms with van der Waals surface area (Å²) in [6, 6.07) is 8.48. The van der Waals surface area contributed by atoms with Crippen LogP contribution in [-0.2, 0) is 26.0 Å². The van der Waals surface area contributed by atoms with Crippen molar-refractivity contribution in [2.24, 2.45) is 5.73 Å². The van der Waals surface area contributed by atoms with Gasteiger partial charge in [0.15, 0.2) is 15.4 Å². The number of hydrogen-bond acceptors (Lipinski definition) is 6. The van der Waals surface area contributed by atoms with Crippen LogP contribution >= 0.6 is 11.6 Å². The molecule has 0 aromatic heterocycles. The number of primary amides is 1. The zero-order valence-corrected chi connectivity index (χ0v) is 19.8. The molecule has 2 aromatic carbocycles. The molecule has 0 aliphatic carbocycles. The Morgan fingerprint density at radius 1 is 1.26 bits per heavy atom. The Labute approximate surface area is 201 Å². The molecule has 0 saturated carbocycles. The van der Waals surface area contributed by atoms with E-state index in [4.69, 9.17) is 26.8 Å². The molecule has 0 radical (unpaired) electrons. The van der Waals surface area contributed by atoms with Gasteiger partial charge >= 0.3 is 12.0 Å². The maximum Gasteiger partial charge on any atom is 0.339 e. The first-order valence-corrected chi connectivity index (χ1v) is 12.3. The van der Waals surface area contributed by atoms with Gasteiger partial charge in [-0.15, -0.1) is 0 Å². The van der Waals surface area contributed by atoms with Crippen molar-refractivity contribution in [2.45, 2.75) is 35.7 Å². The Bertz CT molecular complexity index is 1180. The summed E-state index contributed by atoms with van der Waals surface area (Å²) in [4.78, 5) is 24.8. The second-order valence-electron chi connectivity index (χ2n) is 7.71. The fourth-order valence-corrected chi connectivity index (χ4v) is 6.14. The molecular weight excluding hydrogens is 491 g/mol. The average Bonchev–Trinajstić information content (AvgIpc) is 2.78. The summed E-state index contributed by atoms with van der Waals surface area (Å²) < 4.78 is 51.2. The number of likely N-dealkylation sites (tertiary alicyclic amines) is 1. The molecule has 9 nitrogen and oxygen atoms in total.